The highest BCUT2D eigenvalue weighted by Crippen LogP contribution is 2.32. The monoisotopic (exact) mass is 274 g/mol. The Labute approximate surface area is 113 Å². The molecular formula is C14H11FN2OS. The number of aromatic nitrogens is 1. The van der Waals surface area contributed by atoms with Crippen molar-refractivity contribution < 1.29 is 9.13 Å². The smallest absolute Gasteiger partial charge is 0.145 e. The number of rotatable bonds is 3. The molecule has 0 fully saturated rings. The summed E-state index contributed by atoms with van der Waals surface area (Å²) in [5.74, 6) is 0.248. The third-order valence-corrected chi connectivity index (χ3v) is 3.64. The van der Waals surface area contributed by atoms with Crippen LogP contribution in [-0.4, -0.2) is 4.98 Å². The Bertz CT molecular complexity index is 726. The zero-order chi connectivity index (χ0) is 13.2. The zero-order valence-electron chi connectivity index (χ0n) is 9.97. The van der Waals surface area contributed by atoms with Crippen LogP contribution in [0.3, 0.4) is 0 Å². The number of halogens is 1. The highest BCUT2D eigenvalue weighted by atomic mass is 32.1. The largest absolute Gasteiger partial charge is 0.487 e. The second-order valence-electron chi connectivity index (χ2n) is 4.06. The second kappa shape index (κ2) is 4.85. The van der Waals surface area contributed by atoms with Crippen LogP contribution < -0.4 is 10.5 Å². The second-order valence-corrected chi connectivity index (χ2v) is 4.94. The molecule has 0 atom stereocenters. The van der Waals surface area contributed by atoms with Gasteiger partial charge in [0.25, 0.3) is 0 Å². The van der Waals surface area contributed by atoms with E-state index < -0.39 is 0 Å². The van der Waals surface area contributed by atoms with Crippen molar-refractivity contribution in [3.8, 4) is 5.75 Å². The Balaban J connectivity index is 1.86. The first-order valence-electron chi connectivity index (χ1n) is 5.73. The summed E-state index contributed by atoms with van der Waals surface area (Å²) in [6.07, 6.45) is 0. The van der Waals surface area contributed by atoms with E-state index in [1.54, 1.807) is 29.8 Å². The predicted octanol–water partition coefficient (Wildman–Crippen LogP) is 3.60. The van der Waals surface area contributed by atoms with E-state index in [0.29, 0.717) is 17.0 Å². The molecule has 0 bridgehead atoms. The van der Waals surface area contributed by atoms with Crippen LogP contribution in [-0.2, 0) is 6.61 Å². The standard InChI is InChI=1S/C14H11FN2OS/c15-10-4-2-1-3-9(10)7-18-11-5-6-12-14(13(11)16)17-8-19-12/h1-6,8H,7,16H2. The highest BCUT2D eigenvalue weighted by Gasteiger charge is 2.09. The summed E-state index contributed by atoms with van der Waals surface area (Å²) < 4.78 is 20.1. The summed E-state index contributed by atoms with van der Waals surface area (Å²) in [7, 11) is 0. The Kier molecular flexibility index (Phi) is 3.05. The summed E-state index contributed by atoms with van der Waals surface area (Å²) in [5.41, 5.74) is 9.46. The number of nitrogens with zero attached hydrogens (tertiary/aromatic N) is 1. The lowest BCUT2D eigenvalue weighted by Crippen LogP contribution is -2.01. The maximum absolute atomic E-state index is 13.5. The van der Waals surface area contributed by atoms with Crippen LogP contribution in [0.2, 0.25) is 0 Å². The highest BCUT2D eigenvalue weighted by molar-refractivity contribution is 7.16. The number of nitrogens with two attached hydrogens (primary N) is 1. The molecule has 1 heterocycles. The van der Waals surface area contributed by atoms with Gasteiger partial charge in [0, 0.05) is 5.56 Å². The summed E-state index contributed by atoms with van der Waals surface area (Å²) in [5, 5.41) is 0. The van der Waals surface area contributed by atoms with Crippen LogP contribution in [0.15, 0.2) is 41.9 Å². The first-order valence-corrected chi connectivity index (χ1v) is 6.61. The first kappa shape index (κ1) is 11.9. The van der Waals surface area contributed by atoms with Crippen LogP contribution in [0.25, 0.3) is 10.2 Å². The average Bonchev–Trinajstić information content (AvgIpc) is 2.89. The van der Waals surface area contributed by atoms with Crippen LogP contribution in [0, 0.1) is 5.82 Å². The number of hydrogen-bond acceptors (Lipinski definition) is 4. The molecule has 0 saturated heterocycles. The Morgan fingerprint density at radius 1 is 1.21 bits per heavy atom. The van der Waals surface area contributed by atoms with E-state index in [4.69, 9.17) is 10.5 Å². The lowest BCUT2D eigenvalue weighted by molar-refractivity contribution is 0.302. The minimum atomic E-state index is -0.282. The fraction of sp³-hybridized carbons (Fsp3) is 0.0714. The van der Waals surface area contributed by atoms with Gasteiger partial charge in [-0.1, -0.05) is 18.2 Å². The number of thiazole rings is 1. The molecule has 0 saturated carbocycles. The summed E-state index contributed by atoms with van der Waals surface area (Å²) in [6, 6.07) is 10.2. The molecule has 1 aromatic heterocycles. The third-order valence-electron chi connectivity index (χ3n) is 2.84. The van der Waals surface area contributed by atoms with Gasteiger partial charge in [-0.3, -0.25) is 0 Å². The molecule has 0 unspecified atom stereocenters. The number of ether oxygens (including phenoxy) is 1. The van der Waals surface area contributed by atoms with Gasteiger partial charge in [-0.15, -0.1) is 11.3 Å². The fourth-order valence-electron chi connectivity index (χ4n) is 1.83. The van der Waals surface area contributed by atoms with E-state index in [1.165, 1.54) is 17.4 Å². The number of hydrogen-bond donors (Lipinski definition) is 1. The molecule has 3 aromatic rings. The van der Waals surface area contributed by atoms with Crippen LogP contribution in [0.5, 0.6) is 5.75 Å². The van der Waals surface area contributed by atoms with E-state index in [1.807, 2.05) is 6.07 Å². The van der Waals surface area contributed by atoms with Crippen molar-refractivity contribution >= 4 is 27.2 Å². The van der Waals surface area contributed by atoms with Crippen molar-refractivity contribution in [2.24, 2.45) is 0 Å². The molecule has 96 valence electrons. The normalized spacial score (nSPS) is 10.8. The number of anilines is 1. The third kappa shape index (κ3) is 2.24. The molecule has 0 spiro atoms. The van der Waals surface area contributed by atoms with Gasteiger partial charge >= 0.3 is 0 Å². The van der Waals surface area contributed by atoms with Crippen LogP contribution in [0.1, 0.15) is 5.56 Å². The molecule has 0 aliphatic carbocycles. The molecule has 0 radical (unpaired) electrons. The lowest BCUT2D eigenvalue weighted by atomic mass is 10.2. The van der Waals surface area contributed by atoms with Crippen LogP contribution >= 0.6 is 11.3 Å². The van der Waals surface area contributed by atoms with Crippen molar-refractivity contribution in [1.82, 2.24) is 4.98 Å². The SMILES string of the molecule is Nc1c(OCc2ccccc2F)ccc2scnc12. The summed E-state index contributed by atoms with van der Waals surface area (Å²) in [6.45, 7) is 0.145. The molecule has 0 aliphatic heterocycles. The van der Waals surface area contributed by atoms with Crippen molar-refractivity contribution in [2.45, 2.75) is 6.61 Å². The maximum atomic E-state index is 13.5. The molecule has 19 heavy (non-hydrogen) atoms. The van der Waals surface area contributed by atoms with Crippen molar-refractivity contribution in [3.05, 3.63) is 53.3 Å². The quantitative estimate of drug-likeness (QED) is 0.742. The van der Waals surface area contributed by atoms with Gasteiger partial charge in [-0.2, -0.15) is 0 Å². The molecule has 3 nitrogen and oxygen atoms in total. The Morgan fingerprint density at radius 2 is 2.05 bits per heavy atom. The number of nitrogen functional groups attached to an aromatic ring is 1. The van der Waals surface area contributed by atoms with E-state index >= 15 is 0 Å². The van der Waals surface area contributed by atoms with Gasteiger partial charge in [-0.25, -0.2) is 9.37 Å². The number of benzene rings is 2. The van der Waals surface area contributed by atoms with Crippen molar-refractivity contribution in [2.75, 3.05) is 5.73 Å². The Morgan fingerprint density at radius 3 is 2.89 bits per heavy atom. The zero-order valence-corrected chi connectivity index (χ0v) is 10.8. The van der Waals surface area contributed by atoms with Gasteiger partial charge in [0.2, 0.25) is 0 Å². The molecule has 0 aliphatic rings. The fourth-order valence-corrected chi connectivity index (χ4v) is 2.52. The van der Waals surface area contributed by atoms with Crippen LogP contribution in [0.4, 0.5) is 10.1 Å². The van der Waals surface area contributed by atoms with E-state index in [9.17, 15) is 4.39 Å². The summed E-state index contributed by atoms with van der Waals surface area (Å²) in [4.78, 5) is 4.19. The van der Waals surface area contributed by atoms with E-state index in [2.05, 4.69) is 4.98 Å². The molecule has 0 amide bonds. The molecule has 2 N–H and O–H groups in total. The summed E-state index contributed by atoms with van der Waals surface area (Å²) >= 11 is 1.52. The first-order chi connectivity index (χ1) is 9.25. The maximum Gasteiger partial charge on any atom is 0.145 e. The van der Waals surface area contributed by atoms with Crippen molar-refractivity contribution in [3.63, 3.8) is 0 Å². The van der Waals surface area contributed by atoms with Gasteiger partial charge in [0.1, 0.15) is 29.4 Å². The molecule has 2 aromatic carbocycles. The average molecular weight is 274 g/mol. The van der Waals surface area contributed by atoms with Gasteiger partial charge < -0.3 is 10.5 Å². The number of fused-ring (bicyclic) bond motifs is 1. The molecule has 3 rings (SSSR count). The van der Waals surface area contributed by atoms with Gasteiger partial charge in [0.05, 0.1) is 10.2 Å². The van der Waals surface area contributed by atoms with Gasteiger partial charge in [-0.05, 0) is 18.2 Å². The molecule has 5 heteroatoms. The van der Waals surface area contributed by atoms with E-state index in [0.717, 1.165) is 10.2 Å². The van der Waals surface area contributed by atoms with E-state index in [-0.39, 0.29) is 12.4 Å². The minimum absolute atomic E-state index is 0.145. The minimum Gasteiger partial charge on any atom is -0.487 e. The molecular weight excluding hydrogens is 263 g/mol. The van der Waals surface area contributed by atoms with Crippen molar-refractivity contribution in [1.29, 1.82) is 0 Å². The van der Waals surface area contributed by atoms with Gasteiger partial charge in [0.15, 0.2) is 0 Å². The topological polar surface area (TPSA) is 48.1 Å². The Hall–Kier alpha value is -2.14. The predicted molar refractivity (Wildman–Crippen MR) is 74.8 cm³/mol. The lowest BCUT2D eigenvalue weighted by Gasteiger charge is -2.09.